The smallest absolute Gasteiger partial charge is 0.773 e. The van der Waals surface area contributed by atoms with Crippen LogP contribution < -0.4 is 71.4 Å². The number of sulfone groups is 1. The number of rotatable bonds is 9. The van der Waals surface area contributed by atoms with Gasteiger partial charge in [-0.25, -0.2) is 28.4 Å². The molecule has 18 nitrogen and oxygen atoms in total. The van der Waals surface area contributed by atoms with Gasteiger partial charge < -0.3 is 46.4 Å². The molecule has 4 heterocycles. The van der Waals surface area contributed by atoms with Crippen molar-refractivity contribution >= 4 is 44.5 Å². The van der Waals surface area contributed by atoms with E-state index in [1.807, 2.05) is 40.7 Å². The van der Waals surface area contributed by atoms with Gasteiger partial charge in [0.25, 0.3) is 0 Å². The van der Waals surface area contributed by atoms with Gasteiger partial charge in [-0.05, 0) is 31.1 Å². The molecule has 0 aromatic carbocycles. The Morgan fingerprint density at radius 1 is 0.740 bits per heavy atom. The molecule has 21 heteroatoms. The number of hydrogen-bond acceptors (Lipinski definition) is 18. The van der Waals surface area contributed by atoms with E-state index in [0.29, 0.717) is 23.1 Å². The molecule has 4 aromatic heterocycles. The summed E-state index contributed by atoms with van der Waals surface area (Å²) >= 11 is -1.86. The van der Waals surface area contributed by atoms with Crippen molar-refractivity contribution in [3.8, 4) is 34.8 Å². The first-order chi connectivity index (χ1) is 22.8. The van der Waals surface area contributed by atoms with E-state index >= 15 is 0 Å². The second kappa shape index (κ2) is 19.3. The molecule has 0 amide bonds. The molecule has 0 radical (unpaired) electrons. The largest absolute Gasteiger partial charge is 1.00 e. The molecule has 0 aliphatic carbocycles. The number of hydrogen-bond donors (Lipinski definition) is 4. The Kier molecular flexibility index (Phi) is 17.0. The van der Waals surface area contributed by atoms with Crippen molar-refractivity contribution < 1.29 is 65.7 Å². The molecule has 1 atom stereocenters. The summed E-state index contributed by atoms with van der Waals surface area (Å²) in [6, 6.07) is 3.21. The fraction of sp³-hybridized carbons (Fsp3) is 0.379. The molecule has 50 heavy (non-hydrogen) atoms. The molecular formula is C29H41N10NaO8S2. The van der Waals surface area contributed by atoms with Crippen LogP contribution in [0.5, 0.6) is 34.8 Å². The van der Waals surface area contributed by atoms with E-state index in [2.05, 4.69) is 29.9 Å². The standard InChI is InChI=1S/C14H19N5O4S.C14H19N5O2.CH4O2S.Na/c1-7(2)11-8(23-9-6-17-14(16)19-12(9)15)5-10(24(4,20)21)13(18-11)22-3;1-7(2)11-9(5-8(3)13(18-11)20-4)21-10-6-17-14(16)19-12(10)15;1-4(2)3;/h5-7H,1-4H3,(H4,15,16,17,19);5-7H,1-4H3,(H4,15,16,17,19);1H3,(H,2,3);/q;;;+1/p-1. The molecule has 0 saturated heterocycles. The van der Waals surface area contributed by atoms with E-state index in [-0.39, 0.29) is 87.2 Å². The second-order valence-electron chi connectivity index (χ2n) is 10.7. The number of aryl methyl sites for hydroxylation is 1. The van der Waals surface area contributed by atoms with Crippen molar-refractivity contribution in [2.24, 2.45) is 0 Å². The zero-order valence-electron chi connectivity index (χ0n) is 29.5. The van der Waals surface area contributed by atoms with Gasteiger partial charge in [0, 0.05) is 17.9 Å². The van der Waals surface area contributed by atoms with E-state index < -0.39 is 20.9 Å². The van der Waals surface area contributed by atoms with Gasteiger partial charge in [0.15, 0.2) is 38.7 Å². The normalized spacial score (nSPS) is 11.3. The molecule has 0 spiro atoms. The van der Waals surface area contributed by atoms with Crippen LogP contribution in [0.2, 0.25) is 0 Å². The molecule has 0 aliphatic rings. The van der Waals surface area contributed by atoms with Crippen molar-refractivity contribution in [1.82, 2.24) is 29.9 Å². The van der Waals surface area contributed by atoms with Crippen molar-refractivity contribution in [2.75, 3.05) is 49.7 Å². The van der Waals surface area contributed by atoms with Crippen molar-refractivity contribution in [3.63, 3.8) is 0 Å². The van der Waals surface area contributed by atoms with Crippen LogP contribution in [-0.4, -0.2) is 73.8 Å². The van der Waals surface area contributed by atoms with Crippen LogP contribution in [0.3, 0.4) is 0 Å². The number of nitrogens with two attached hydrogens (primary N) is 4. The average Bonchev–Trinajstić information content (AvgIpc) is 2.99. The van der Waals surface area contributed by atoms with E-state index in [1.54, 1.807) is 7.11 Å². The average molecular weight is 745 g/mol. The van der Waals surface area contributed by atoms with E-state index in [0.717, 1.165) is 23.8 Å². The molecule has 8 N–H and O–H groups in total. The first kappa shape index (κ1) is 43.9. The minimum absolute atomic E-state index is 0. The van der Waals surface area contributed by atoms with Crippen molar-refractivity contribution in [1.29, 1.82) is 0 Å². The first-order valence-electron chi connectivity index (χ1n) is 14.3. The van der Waals surface area contributed by atoms with Gasteiger partial charge in [-0.3, -0.25) is 4.21 Å². The van der Waals surface area contributed by atoms with Crippen molar-refractivity contribution in [2.45, 2.75) is 51.3 Å². The quantitative estimate of drug-likeness (QED) is 0.131. The maximum absolute atomic E-state index is 12.0. The molecule has 0 saturated carbocycles. The summed E-state index contributed by atoms with van der Waals surface area (Å²) in [5.41, 5.74) is 24.6. The van der Waals surface area contributed by atoms with Crippen LogP contribution in [0.25, 0.3) is 0 Å². The maximum atomic E-state index is 12.0. The van der Waals surface area contributed by atoms with Crippen molar-refractivity contribution in [3.05, 3.63) is 41.5 Å². The van der Waals surface area contributed by atoms with Gasteiger partial charge in [0.1, 0.15) is 10.6 Å². The molecule has 0 bridgehead atoms. The summed E-state index contributed by atoms with van der Waals surface area (Å²) in [6.45, 7) is 9.71. The fourth-order valence-corrected chi connectivity index (χ4v) is 4.63. The molecule has 268 valence electrons. The van der Waals surface area contributed by atoms with Crippen LogP contribution in [0.15, 0.2) is 29.4 Å². The molecule has 4 rings (SSSR count). The molecule has 4 aromatic rings. The van der Waals surface area contributed by atoms with E-state index in [4.69, 9.17) is 50.6 Å². The van der Waals surface area contributed by atoms with E-state index in [9.17, 15) is 8.42 Å². The number of nitrogens with zero attached hydrogens (tertiary/aromatic N) is 6. The Morgan fingerprint density at radius 3 is 1.46 bits per heavy atom. The number of nitrogen functional groups attached to an aromatic ring is 4. The van der Waals surface area contributed by atoms with Crippen LogP contribution in [-0.2, 0) is 20.9 Å². The second-order valence-corrected chi connectivity index (χ2v) is 13.5. The number of methoxy groups -OCH3 is 2. The predicted octanol–water partition coefficient (Wildman–Crippen LogP) is 0.132. The van der Waals surface area contributed by atoms with E-state index in [1.165, 1.54) is 25.6 Å². The summed E-state index contributed by atoms with van der Waals surface area (Å²) in [7, 11) is -0.626. The van der Waals surface area contributed by atoms with Crippen LogP contribution in [0, 0.1) is 6.92 Å². The third-order valence-electron chi connectivity index (χ3n) is 6.03. The maximum Gasteiger partial charge on any atom is 1.00 e. The van der Waals surface area contributed by atoms with Crippen LogP contribution in [0.1, 0.15) is 56.5 Å². The Bertz CT molecular complexity index is 1900. The fourth-order valence-electron chi connectivity index (χ4n) is 3.86. The minimum atomic E-state index is -3.57. The monoisotopic (exact) mass is 744 g/mol. The zero-order valence-corrected chi connectivity index (χ0v) is 33.2. The zero-order chi connectivity index (χ0) is 37.2. The third kappa shape index (κ3) is 12.7. The minimum Gasteiger partial charge on any atom is -0.773 e. The Labute approximate surface area is 315 Å². The number of aromatic nitrogens is 6. The number of anilines is 4. The Morgan fingerprint density at radius 2 is 1.12 bits per heavy atom. The Hall–Kier alpha value is -4.08. The van der Waals surface area contributed by atoms with Gasteiger partial charge in [-0.15, -0.1) is 0 Å². The molecular weight excluding hydrogens is 704 g/mol. The predicted molar refractivity (Wildman–Crippen MR) is 184 cm³/mol. The van der Waals surface area contributed by atoms with Gasteiger partial charge in [0.2, 0.25) is 23.7 Å². The van der Waals surface area contributed by atoms with Gasteiger partial charge in [-0.1, -0.05) is 38.8 Å². The van der Waals surface area contributed by atoms with Gasteiger partial charge in [0.05, 0.1) is 38.0 Å². The molecule has 0 aliphatic heterocycles. The molecule has 1 unspecified atom stereocenters. The number of pyridine rings is 2. The molecule has 0 fully saturated rings. The Balaban J connectivity index is 0.000000446. The van der Waals surface area contributed by atoms with Gasteiger partial charge in [-0.2, -0.15) is 9.97 Å². The summed E-state index contributed by atoms with van der Waals surface area (Å²) < 4.78 is 63.8. The summed E-state index contributed by atoms with van der Waals surface area (Å²) in [6.07, 6.45) is 4.90. The number of ether oxygens (including phenoxy) is 4. The van der Waals surface area contributed by atoms with Crippen LogP contribution in [0.4, 0.5) is 23.5 Å². The summed E-state index contributed by atoms with van der Waals surface area (Å²) in [5.74, 6) is 2.34. The summed E-state index contributed by atoms with van der Waals surface area (Å²) in [4.78, 5) is 24.0. The summed E-state index contributed by atoms with van der Waals surface area (Å²) in [5, 5.41) is 0. The SMILES string of the molecule is COc1nc(C(C)C)c(Oc2cnc(N)nc2N)cc1C.COc1nc(C(C)C)c(Oc2cnc(N)nc2N)cc1S(C)(=O)=O.CS(=O)[O-].[Na+]. The topological polar surface area (TPSA) is 293 Å². The first-order valence-corrected chi connectivity index (χ1v) is 17.6. The third-order valence-corrected chi connectivity index (χ3v) is 7.12. The van der Waals surface area contributed by atoms with Gasteiger partial charge >= 0.3 is 29.6 Å². The van der Waals surface area contributed by atoms with Crippen LogP contribution >= 0.6 is 0 Å².